The number of aromatic nitrogens is 1. The summed E-state index contributed by atoms with van der Waals surface area (Å²) in [6, 6.07) is 1.26. The first-order valence-electron chi connectivity index (χ1n) is 5.29. The number of carboxylic acid groups (broad SMARTS) is 1. The van der Waals surface area contributed by atoms with Gasteiger partial charge in [-0.25, -0.2) is 4.79 Å². The Balaban J connectivity index is 3.48. The van der Waals surface area contributed by atoms with Gasteiger partial charge in [0.1, 0.15) is 0 Å². The van der Waals surface area contributed by atoms with Crippen molar-refractivity contribution in [1.82, 2.24) is 4.98 Å². The van der Waals surface area contributed by atoms with Crippen molar-refractivity contribution in [3.63, 3.8) is 0 Å². The highest BCUT2D eigenvalue weighted by Gasteiger charge is 2.17. The lowest BCUT2D eigenvalue weighted by Gasteiger charge is -2.09. The average molecular weight is 246 g/mol. The topological polar surface area (TPSA) is 93.3 Å². The number of carbonyl (C=O) groups excluding carboxylic acids is 1. The predicted molar refractivity (Wildman–Crippen MR) is 67.5 cm³/mol. The lowest BCUT2D eigenvalue weighted by Crippen LogP contribution is -2.18. The molecule has 0 fully saturated rings. The van der Waals surface area contributed by atoms with Crippen LogP contribution in [0, 0.1) is 0 Å². The molecule has 0 aliphatic rings. The SMILES string of the molecule is C=CCc1nc(CC=C)c(C(=O)O)cc1C(N)=O. The molecular weight excluding hydrogens is 232 g/mol. The second-order valence-corrected chi connectivity index (χ2v) is 3.63. The Hall–Kier alpha value is -2.43. The molecule has 18 heavy (non-hydrogen) atoms. The molecular formula is C13H14N2O3. The lowest BCUT2D eigenvalue weighted by molar-refractivity contribution is 0.0695. The number of aromatic carboxylic acids is 1. The number of hydrogen-bond acceptors (Lipinski definition) is 3. The normalized spacial score (nSPS) is 9.78. The fourth-order valence-corrected chi connectivity index (χ4v) is 1.58. The van der Waals surface area contributed by atoms with Gasteiger partial charge in [-0.3, -0.25) is 9.78 Å². The van der Waals surface area contributed by atoms with Crippen LogP contribution in [0.4, 0.5) is 0 Å². The van der Waals surface area contributed by atoms with Crippen LogP contribution in [0.1, 0.15) is 32.1 Å². The third-order valence-electron chi connectivity index (χ3n) is 2.35. The van der Waals surface area contributed by atoms with E-state index in [0.29, 0.717) is 24.2 Å². The highest BCUT2D eigenvalue weighted by atomic mass is 16.4. The van der Waals surface area contributed by atoms with Gasteiger partial charge in [0, 0.05) is 12.8 Å². The Labute approximate surface area is 105 Å². The first-order chi connectivity index (χ1) is 8.51. The number of rotatable bonds is 6. The molecule has 1 aromatic rings. The third-order valence-corrected chi connectivity index (χ3v) is 2.35. The zero-order valence-electron chi connectivity index (χ0n) is 9.85. The number of nitrogens with two attached hydrogens (primary N) is 1. The van der Waals surface area contributed by atoms with E-state index in [9.17, 15) is 9.59 Å². The van der Waals surface area contributed by atoms with Crippen LogP contribution < -0.4 is 5.73 Å². The Kier molecular flexibility index (Phi) is 4.37. The van der Waals surface area contributed by atoms with Crippen LogP contribution in [0.2, 0.25) is 0 Å². The van der Waals surface area contributed by atoms with Crippen LogP contribution in [0.5, 0.6) is 0 Å². The highest BCUT2D eigenvalue weighted by Crippen LogP contribution is 2.15. The van der Waals surface area contributed by atoms with Gasteiger partial charge in [0.05, 0.1) is 22.5 Å². The summed E-state index contributed by atoms with van der Waals surface area (Å²) in [5.41, 5.74) is 6.08. The first kappa shape index (κ1) is 13.6. The molecule has 0 aromatic carbocycles. The van der Waals surface area contributed by atoms with Crippen molar-refractivity contribution in [1.29, 1.82) is 0 Å². The van der Waals surface area contributed by atoms with E-state index in [-0.39, 0.29) is 11.1 Å². The number of primary amides is 1. The van der Waals surface area contributed by atoms with Gasteiger partial charge in [-0.15, -0.1) is 13.2 Å². The molecule has 0 unspecified atom stereocenters. The molecule has 0 spiro atoms. The van der Waals surface area contributed by atoms with Crippen molar-refractivity contribution in [3.05, 3.63) is 53.9 Å². The molecule has 5 heteroatoms. The monoisotopic (exact) mass is 246 g/mol. The first-order valence-corrected chi connectivity index (χ1v) is 5.29. The second-order valence-electron chi connectivity index (χ2n) is 3.63. The lowest BCUT2D eigenvalue weighted by atomic mass is 10.0. The smallest absolute Gasteiger partial charge is 0.337 e. The number of nitrogens with zero attached hydrogens (tertiary/aromatic N) is 1. The largest absolute Gasteiger partial charge is 0.478 e. The van der Waals surface area contributed by atoms with Gasteiger partial charge in [0.2, 0.25) is 0 Å². The van der Waals surface area contributed by atoms with E-state index >= 15 is 0 Å². The van der Waals surface area contributed by atoms with E-state index in [4.69, 9.17) is 10.8 Å². The van der Waals surface area contributed by atoms with Crippen LogP contribution in [-0.2, 0) is 12.8 Å². The molecule has 1 heterocycles. The van der Waals surface area contributed by atoms with E-state index in [1.54, 1.807) is 12.2 Å². The minimum atomic E-state index is -1.15. The van der Waals surface area contributed by atoms with E-state index in [2.05, 4.69) is 18.1 Å². The van der Waals surface area contributed by atoms with E-state index in [1.165, 1.54) is 6.07 Å². The molecule has 1 rings (SSSR count). The Bertz CT molecular complexity index is 478. The van der Waals surface area contributed by atoms with Gasteiger partial charge < -0.3 is 10.8 Å². The Morgan fingerprint density at radius 2 is 1.72 bits per heavy atom. The summed E-state index contributed by atoms with van der Waals surface area (Å²) in [7, 11) is 0. The quantitative estimate of drug-likeness (QED) is 0.740. The Morgan fingerprint density at radius 1 is 1.22 bits per heavy atom. The minimum Gasteiger partial charge on any atom is -0.478 e. The third kappa shape index (κ3) is 2.82. The van der Waals surface area contributed by atoms with Crippen molar-refractivity contribution < 1.29 is 14.7 Å². The number of carbonyl (C=O) groups is 2. The summed E-state index contributed by atoms with van der Waals surface area (Å²) in [4.78, 5) is 26.5. The molecule has 0 bridgehead atoms. The maximum Gasteiger partial charge on any atom is 0.337 e. The molecule has 0 saturated carbocycles. The molecule has 1 aromatic heterocycles. The summed E-state index contributed by atoms with van der Waals surface area (Å²) >= 11 is 0. The molecule has 0 radical (unpaired) electrons. The van der Waals surface area contributed by atoms with Crippen LogP contribution in [0.25, 0.3) is 0 Å². The molecule has 0 atom stereocenters. The molecule has 1 amide bonds. The maximum atomic E-state index is 11.3. The summed E-state index contributed by atoms with van der Waals surface area (Å²) in [6.45, 7) is 7.11. The van der Waals surface area contributed by atoms with Crippen LogP contribution in [-0.4, -0.2) is 22.0 Å². The molecule has 0 aliphatic carbocycles. The maximum absolute atomic E-state index is 11.3. The van der Waals surface area contributed by atoms with Gasteiger partial charge in [-0.2, -0.15) is 0 Å². The number of hydrogen-bond donors (Lipinski definition) is 2. The summed E-state index contributed by atoms with van der Waals surface area (Å²) < 4.78 is 0. The van der Waals surface area contributed by atoms with Gasteiger partial charge in [0.15, 0.2) is 0 Å². The Morgan fingerprint density at radius 3 is 2.11 bits per heavy atom. The molecule has 3 N–H and O–H groups in total. The van der Waals surface area contributed by atoms with Crippen molar-refractivity contribution in [2.24, 2.45) is 5.73 Å². The van der Waals surface area contributed by atoms with E-state index in [0.717, 1.165) is 0 Å². The highest BCUT2D eigenvalue weighted by molar-refractivity contribution is 5.97. The van der Waals surface area contributed by atoms with Crippen LogP contribution in [0.15, 0.2) is 31.4 Å². The number of allylic oxidation sites excluding steroid dienone is 2. The molecule has 94 valence electrons. The minimum absolute atomic E-state index is 0.0310. The number of carboxylic acids is 1. The zero-order valence-corrected chi connectivity index (χ0v) is 9.85. The number of pyridine rings is 1. The number of amides is 1. The van der Waals surface area contributed by atoms with Crippen molar-refractivity contribution in [2.75, 3.05) is 0 Å². The standard InChI is InChI=1S/C13H14N2O3/c1-3-5-10-8(12(14)16)7-9(13(17)18)11(15-10)6-4-2/h3-4,7H,1-2,5-6H2,(H2,14,16)(H,17,18). The average Bonchev–Trinajstić information content (AvgIpc) is 2.29. The van der Waals surface area contributed by atoms with Crippen molar-refractivity contribution >= 4 is 11.9 Å². The predicted octanol–water partition coefficient (Wildman–Crippen LogP) is 1.34. The molecule has 0 saturated heterocycles. The fourth-order valence-electron chi connectivity index (χ4n) is 1.58. The van der Waals surface area contributed by atoms with Gasteiger partial charge in [-0.05, 0) is 6.07 Å². The van der Waals surface area contributed by atoms with Crippen LogP contribution in [0.3, 0.4) is 0 Å². The summed E-state index contributed by atoms with van der Waals surface area (Å²) in [5, 5.41) is 9.07. The van der Waals surface area contributed by atoms with Crippen LogP contribution >= 0.6 is 0 Å². The molecule has 5 nitrogen and oxygen atoms in total. The fraction of sp³-hybridized carbons (Fsp3) is 0.154. The van der Waals surface area contributed by atoms with Gasteiger partial charge in [0.25, 0.3) is 5.91 Å². The zero-order chi connectivity index (χ0) is 13.7. The van der Waals surface area contributed by atoms with E-state index in [1.807, 2.05) is 0 Å². The summed E-state index contributed by atoms with van der Waals surface area (Å²) in [5.74, 6) is -1.85. The second kappa shape index (κ2) is 5.77. The van der Waals surface area contributed by atoms with Crippen molar-refractivity contribution in [3.8, 4) is 0 Å². The summed E-state index contributed by atoms with van der Waals surface area (Å²) in [6.07, 6.45) is 3.79. The van der Waals surface area contributed by atoms with E-state index < -0.39 is 11.9 Å². The van der Waals surface area contributed by atoms with Crippen molar-refractivity contribution in [2.45, 2.75) is 12.8 Å². The molecule has 0 aliphatic heterocycles. The van der Waals surface area contributed by atoms with Gasteiger partial charge >= 0.3 is 5.97 Å². The van der Waals surface area contributed by atoms with Gasteiger partial charge in [-0.1, -0.05) is 12.2 Å².